The number of amides is 3. The zero-order valence-corrected chi connectivity index (χ0v) is 14.7. The molecule has 3 N–H and O–H groups in total. The summed E-state index contributed by atoms with van der Waals surface area (Å²) in [6.07, 6.45) is 1.25. The van der Waals surface area contributed by atoms with Gasteiger partial charge in [0.2, 0.25) is 11.8 Å². The smallest absolute Gasteiger partial charge is 0.410 e. The molecule has 2 atom stereocenters. The van der Waals surface area contributed by atoms with E-state index in [4.69, 9.17) is 10.5 Å². The molecule has 0 aromatic carbocycles. The lowest BCUT2D eigenvalue weighted by atomic mass is 10.0. The second-order valence-corrected chi connectivity index (χ2v) is 7.42. The molecule has 0 aliphatic carbocycles. The Hall–Kier alpha value is -1.79. The Morgan fingerprint density at radius 3 is 2.39 bits per heavy atom. The van der Waals surface area contributed by atoms with Crippen molar-refractivity contribution >= 4 is 17.9 Å². The Bertz CT molecular complexity index is 457. The molecule has 1 aliphatic rings. The van der Waals surface area contributed by atoms with Crippen molar-refractivity contribution in [3.63, 3.8) is 0 Å². The van der Waals surface area contributed by atoms with Gasteiger partial charge in [-0.05, 0) is 46.0 Å². The summed E-state index contributed by atoms with van der Waals surface area (Å²) >= 11 is 0. The summed E-state index contributed by atoms with van der Waals surface area (Å²) in [5.41, 5.74) is 4.73. The van der Waals surface area contributed by atoms with Gasteiger partial charge in [0, 0.05) is 6.54 Å². The third-order valence-corrected chi connectivity index (χ3v) is 3.55. The minimum absolute atomic E-state index is 0.221. The van der Waals surface area contributed by atoms with Crippen molar-refractivity contribution in [3.05, 3.63) is 0 Å². The lowest BCUT2D eigenvalue weighted by molar-refractivity contribution is -0.130. The third kappa shape index (κ3) is 6.08. The van der Waals surface area contributed by atoms with E-state index in [2.05, 4.69) is 5.32 Å². The van der Waals surface area contributed by atoms with Crippen LogP contribution in [0.3, 0.4) is 0 Å². The van der Waals surface area contributed by atoms with Gasteiger partial charge < -0.3 is 15.8 Å². The Kier molecular flexibility index (Phi) is 6.41. The van der Waals surface area contributed by atoms with E-state index in [1.54, 1.807) is 20.8 Å². The molecule has 0 bridgehead atoms. The molecule has 0 aromatic rings. The van der Waals surface area contributed by atoms with Crippen molar-refractivity contribution in [2.75, 3.05) is 6.54 Å². The third-order valence-electron chi connectivity index (χ3n) is 3.55. The lowest BCUT2D eigenvalue weighted by Gasteiger charge is -2.29. The highest BCUT2D eigenvalue weighted by atomic mass is 16.6. The molecule has 23 heavy (non-hydrogen) atoms. The minimum atomic E-state index is -0.719. The highest BCUT2D eigenvalue weighted by Crippen LogP contribution is 2.21. The van der Waals surface area contributed by atoms with E-state index in [1.165, 1.54) is 4.90 Å². The highest BCUT2D eigenvalue weighted by molar-refractivity contribution is 5.91. The van der Waals surface area contributed by atoms with Gasteiger partial charge in [0.15, 0.2) is 0 Å². The quantitative estimate of drug-likeness (QED) is 0.797. The molecule has 0 spiro atoms. The van der Waals surface area contributed by atoms with Gasteiger partial charge in [-0.3, -0.25) is 14.5 Å². The number of ether oxygens (including phenoxy) is 1. The summed E-state index contributed by atoms with van der Waals surface area (Å²) in [6, 6.07) is -1.33. The molecule has 1 saturated heterocycles. The molecule has 1 aliphatic heterocycles. The largest absolute Gasteiger partial charge is 0.444 e. The SMILES string of the molecule is CC(C)CC(NC(=O)C1CCCN1C(=O)OC(C)(C)C)C(N)=O. The summed E-state index contributed by atoms with van der Waals surface area (Å²) in [5.74, 6) is -0.690. The predicted octanol–water partition coefficient (Wildman–Crippen LogP) is 1.40. The normalized spacial score (nSPS) is 19.6. The first kappa shape index (κ1) is 19.3. The number of rotatable bonds is 5. The molecule has 7 nitrogen and oxygen atoms in total. The first-order valence-electron chi connectivity index (χ1n) is 8.10. The predicted molar refractivity (Wildman–Crippen MR) is 86.5 cm³/mol. The van der Waals surface area contributed by atoms with E-state index in [0.717, 1.165) is 6.42 Å². The van der Waals surface area contributed by atoms with Gasteiger partial charge in [0.1, 0.15) is 17.7 Å². The van der Waals surface area contributed by atoms with E-state index in [0.29, 0.717) is 19.4 Å². The first-order chi connectivity index (χ1) is 10.5. The van der Waals surface area contributed by atoms with E-state index >= 15 is 0 Å². The molecule has 1 heterocycles. The summed E-state index contributed by atoms with van der Waals surface area (Å²) in [7, 11) is 0. The van der Waals surface area contributed by atoms with Gasteiger partial charge in [0.05, 0.1) is 0 Å². The topological polar surface area (TPSA) is 102 Å². The molecular formula is C16H29N3O4. The average molecular weight is 327 g/mol. The van der Waals surface area contributed by atoms with Crippen LogP contribution in [0, 0.1) is 5.92 Å². The Morgan fingerprint density at radius 2 is 1.91 bits per heavy atom. The number of nitrogens with two attached hydrogens (primary N) is 1. The van der Waals surface area contributed by atoms with Gasteiger partial charge in [0.25, 0.3) is 0 Å². The molecule has 0 saturated carbocycles. The van der Waals surface area contributed by atoms with Crippen molar-refractivity contribution in [1.29, 1.82) is 0 Å². The van der Waals surface area contributed by atoms with Crippen LogP contribution in [0.4, 0.5) is 4.79 Å². The van der Waals surface area contributed by atoms with Crippen LogP contribution in [0.2, 0.25) is 0 Å². The summed E-state index contributed by atoms with van der Waals surface area (Å²) in [5, 5.41) is 2.67. The molecule has 7 heteroatoms. The molecular weight excluding hydrogens is 298 g/mol. The molecule has 2 unspecified atom stereocenters. The average Bonchev–Trinajstić information content (AvgIpc) is 2.84. The lowest BCUT2D eigenvalue weighted by Crippen LogP contribution is -2.53. The summed E-state index contributed by atoms with van der Waals surface area (Å²) in [4.78, 5) is 37.6. The highest BCUT2D eigenvalue weighted by Gasteiger charge is 2.37. The Balaban J connectivity index is 2.73. The number of carbonyl (C=O) groups excluding carboxylic acids is 3. The van der Waals surface area contributed by atoms with E-state index < -0.39 is 29.7 Å². The van der Waals surface area contributed by atoms with Crippen molar-refractivity contribution < 1.29 is 19.1 Å². The van der Waals surface area contributed by atoms with Crippen LogP contribution in [0.5, 0.6) is 0 Å². The minimum Gasteiger partial charge on any atom is -0.444 e. The van der Waals surface area contributed by atoms with Crippen molar-refractivity contribution in [2.24, 2.45) is 11.7 Å². The van der Waals surface area contributed by atoms with Gasteiger partial charge in [-0.25, -0.2) is 4.79 Å². The number of hydrogen-bond acceptors (Lipinski definition) is 4. The fourth-order valence-corrected chi connectivity index (χ4v) is 2.56. The van der Waals surface area contributed by atoms with Crippen molar-refractivity contribution in [1.82, 2.24) is 10.2 Å². The van der Waals surface area contributed by atoms with Crippen LogP contribution < -0.4 is 11.1 Å². The zero-order chi connectivity index (χ0) is 17.8. The summed E-state index contributed by atoms with van der Waals surface area (Å²) in [6.45, 7) is 9.71. The fraction of sp³-hybridized carbons (Fsp3) is 0.812. The van der Waals surface area contributed by atoms with Crippen molar-refractivity contribution in [2.45, 2.75) is 71.6 Å². The molecule has 1 fully saturated rings. The van der Waals surface area contributed by atoms with Gasteiger partial charge in [-0.1, -0.05) is 13.8 Å². The molecule has 1 rings (SSSR count). The Morgan fingerprint density at radius 1 is 1.30 bits per heavy atom. The second-order valence-electron chi connectivity index (χ2n) is 7.42. The van der Waals surface area contributed by atoms with Gasteiger partial charge in [-0.2, -0.15) is 0 Å². The van der Waals surface area contributed by atoms with Crippen LogP contribution in [-0.4, -0.2) is 47.0 Å². The van der Waals surface area contributed by atoms with Gasteiger partial charge in [-0.15, -0.1) is 0 Å². The first-order valence-corrected chi connectivity index (χ1v) is 8.10. The number of hydrogen-bond donors (Lipinski definition) is 2. The van der Waals surface area contributed by atoms with Crippen LogP contribution in [0.1, 0.15) is 53.9 Å². The zero-order valence-electron chi connectivity index (χ0n) is 14.7. The maximum Gasteiger partial charge on any atom is 0.410 e. The standard InChI is InChI=1S/C16H29N3O4/c1-10(2)9-11(13(17)20)18-14(21)12-7-6-8-19(12)15(22)23-16(3,4)5/h10-12H,6-9H2,1-5H3,(H2,17,20)(H,18,21). The maximum absolute atomic E-state index is 12.5. The second kappa shape index (κ2) is 7.66. The van der Waals surface area contributed by atoms with E-state index in [9.17, 15) is 14.4 Å². The maximum atomic E-state index is 12.5. The number of likely N-dealkylation sites (tertiary alicyclic amines) is 1. The molecule has 0 aromatic heterocycles. The van der Waals surface area contributed by atoms with Crippen LogP contribution >= 0.6 is 0 Å². The molecule has 3 amide bonds. The van der Waals surface area contributed by atoms with E-state index in [-0.39, 0.29) is 11.8 Å². The summed E-state index contributed by atoms with van der Waals surface area (Å²) < 4.78 is 5.33. The number of nitrogens with one attached hydrogen (secondary N) is 1. The molecule has 132 valence electrons. The van der Waals surface area contributed by atoms with Gasteiger partial charge >= 0.3 is 6.09 Å². The molecule has 0 radical (unpaired) electrons. The number of nitrogens with zero attached hydrogens (tertiary/aromatic N) is 1. The van der Waals surface area contributed by atoms with Crippen LogP contribution in [-0.2, 0) is 14.3 Å². The fourth-order valence-electron chi connectivity index (χ4n) is 2.56. The Labute approximate surface area is 137 Å². The monoisotopic (exact) mass is 327 g/mol. The number of carbonyl (C=O) groups is 3. The van der Waals surface area contributed by atoms with Crippen LogP contribution in [0.15, 0.2) is 0 Å². The van der Waals surface area contributed by atoms with E-state index in [1.807, 2.05) is 13.8 Å². The van der Waals surface area contributed by atoms with Crippen LogP contribution in [0.25, 0.3) is 0 Å². The van der Waals surface area contributed by atoms with Crippen molar-refractivity contribution in [3.8, 4) is 0 Å². The number of primary amides is 1.